The second-order valence-electron chi connectivity index (χ2n) is 8.97. The number of nitrogens with zero attached hydrogens (tertiary/aromatic N) is 2. The van der Waals surface area contributed by atoms with Crippen molar-refractivity contribution in [1.29, 1.82) is 0 Å². The lowest BCUT2D eigenvalue weighted by atomic mass is 10.1. The summed E-state index contributed by atoms with van der Waals surface area (Å²) < 4.78 is 29.0. The molecule has 0 radical (unpaired) electrons. The van der Waals surface area contributed by atoms with E-state index in [-0.39, 0.29) is 22.2 Å². The Hall–Kier alpha value is -3.52. The van der Waals surface area contributed by atoms with Crippen LogP contribution < -0.4 is 14.5 Å². The van der Waals surface area contributed by atoms with Crippen molar-refractivity contribution in [3.05, 3.63) is 83.4 Å². The number of piperazine rings is 1. The van der Waals surface area contributed by atoms with E-state index in [4.69, 9.17) is 0 Å². The Labute approximate surface area is 207 Å². The first-order chi connectivity index (χ1) is 16.7. The average Bonchev–Trinajstić information content (AvgIpc) is 2.83. The summed E-state index contributed by atoms with van der Waals surface area (Å²) in [5, 5.41) is 9.51. The van der Waals surface area contributed by atoms with Gasteiger partial charge in [-0.3, -0.25) is 4.72 Å². The summed E-state index contributed by atoms with van der Waals surface area (Å²) in [4.78, 5) is 16.2. The second-order valence-corrected chi connectivity index (χ2v) is 10.6. The highest BCUT2D eigenvalue weighted by atomic mass is 32.2. The van der Waals surface area contributed by atoms with Crippen molar-refractivity contribution in [2.45, 2.75) is 38.1 Å². The van der Waals surface area contributed by atoms with Crippen LogP contribution in [0.5, 0.6) is 0 Å². The highest BCUT2D eigenvalue weighted by Gasteiger charge is 2.27. The highest BCUT2D eigenvalue weighted by molar-refractivity contribution is 7.92. The molecular weight excluding hydrogens is 462 g/mol. The molecule has 3 aromatic carbocycles. The maximum atomic E-state index is 13.2. The molecular formula is C27H31N3O4S. The lowest BCUT2D eigenvalue weighted by molar-refractivity contribution is 0.0697. The highest BCUT2D eigenvalue weighted by Crippen LogP contribution is 2.32. The molecule has 0 bridgehead atoms. The number of carboxylic acid groups (broad SMARTS) is 1. The van der Waals surface area contributed by atoms with Crippen LogP contribution in [-0.2, 0) is 16.4 Å². The molecule has 7 nitrogen and oxygen atoms in total. The first-order valence-electron chi connectivity index (χ1n) is 11.8. The molecule has 0 spiro atoms. The fourth-order valence-electron chi connectivity index (χ4n) is 4.50. The van der Waals surface area contributed by atoms with Gasteiger partial charge < -0.3 is 14.9 Å². The van der Waals surface area contributed by atoms with Crippen molar-refractivity contribution >= 4 is 33.1 Å². The number of aromatic carboxylic acids is 1. The van der Waals surface area contributed by atoms with E-state index < -0.39 is 16.0 Å². The van der Waals surface area contributed by atoms with Gasteiger partial charge in [0.05, 0.1) is 21.8 Å². The van der Waals surface area contributed by atoms with Crippen LogP contribution >= 0.6 is 0 Å². The van der Waals surface area contributed by atoms with Crippen LogP contribution in [0.3, 0.4) is 0 Å². The average molecular weight is 494 g/mol. The van der Waals surface area contributed by atoms with Crippen molar-refractivity contribution in [1.82, 2.24) is 0 Å². The Morgan fingerprint density at radius 3 is 2.43 bits per heavy atom. The number of aryl methyl sites for hydroxylation is 2. The van der Waals surface area contributed by atoms with Crippen LogP contribution in [0, 0.1) is 6.92 Å². The number of anilines is 3. The van der Waals surface area contributed by atoms with Crippen molar-refractivity contribution in [2.24, 2.45) is 0 Å². The van der Waals surface area contributed by atoms with E-state index in [9.17, 15) is 18.3 Å². The molecule has 0 saturated carbocycles. The number of nitrogens with one attached hydrogen (secondary N) is 1. The smallest absolute Gasteiger partial charge is 0.335 e. The van der Waals surface area contributed by atoms with Crippen LogP contribution in [0.15, 0.2) is 71.6 Å². The van der Waals surface area contributed by atoms with Gasteiger partial charge in [0.1, 0.15) is 0 Å². The quantitative estimate of drug-likeness (QED) is 0.493. The molecule has 184 valence electrons. The van der Waals surface area contributed by atoms with Gasteiger partial charge in [0, 0.05) is 31.4 Å². The third kappa shape index (κ3) is 5.43. The Morgan fingerprint density at radius 2 is 1.80 bits per heavy atom. The van der Waals surface area contributed by atoms with Gasteiger partial charge in [0.25, 0.3) is 10.0 Å². The van der Waals surface area contributed by atoms with Crippen LogP contribution in [0.2, 0.25) is 0 Å². The lowest BCUT2D eigenvalue weighted by Crippen LogP contribution is -2.52. The van der Waals surface area contributed by atoms with Gasteiger partial charge in [-0.05, 0) is 73.9 Å². The maximum absolute atomic E-state index is 13.2. The van der Waals surface area contributed by atoms with E-state index in [0.29, 0.717) is 18.8 Å². The van der Waals surface area contributed by atoms with Crippen molar-refractivity contribution in [2.75, 3.05) is 34.2 Å². The fourth-order valence-corrected chi connectivity index (χ4v) is 5.57. The molecule has 35 heavy (non-hydrogen) atoms. The predicted molar refractivity (Wildman–Crippen MR) is 140 cm³/mol. The van der Waals surface area contributed by atoms with Crippen LogP contribution in [0.4, 0.5) is 17.1 Å². The predicted octanol–water partition coefficient (Wildman–Crippen LogP) is 4.77. The number of benzene rings is 3. The summed E-state index contributed by atoms with van der Waals surface area (Å²) >= 11 is 0. The minimum atomic E-state index is -3.89. The Morgan fingerprint density at radius 1 is 1.06 bits per heavy atom. The lowest BCUT2D eigenvalue weighted by Gasteiger charge is -2.43. The van der Waals surface area contributed by atoms with Gasteiger partial charge in [0.15, 0.2) is 0 Å². The molecule has 1 aliphatic heterocycles. The normalized spacial score (nSPS) is 16.3. The first kappa shape index (κ1) is 24.6. The van der Waals surface area contributed by atoms with Crippen molar-refractivity contribution in [3.8, 4) is 0 Å². The van der Waals surface area contributed by atoms with Gasteiger partial charge in [-0.2, -0.15) is 0 Å². The van der Waals surface area contributed by atoms with E-state index in [1.165, 1.54) is 17.7 Å². The summed E-state index contributed by atoms with van der Waals surface area (Å²) in [7, 11) is -3.89. The Balaban J connectivity index is 1.62. The summed E-state index contributed by atoms with van der Waals surface area (Å²) in [5.41, 5.74) is 4.36. The second kappa shape index (κ2) is 10.00. The van der Waals surface area contributed by atoms with Crippen LogP contribution in [-0.4, -0.2) is 45.2 Å². The number of carbonyl (C=O) groups is 1. The summed E-state index contributed by atoms with van der Waals surface area (Å²) in [6, 6.07) is 19.9. The van der Waals surface area contributed by atoms with Gasteiger partial charge in [-0.15, -0.1) is 0 Å². The van der Waals surface area contributed by atoms with E-state index >= 15 is 0 Å². The molecule has 1 saturated heterocycles. The monoisotopic (exact) mass is 493 g/mol. The molecule has 0 aliphatic carbocycles. The minimum absolute atomic E-state index is 0.0271. The summed E-state index contributed by atoms with van der Waals surface area (Å²) in [5.74, 6) is -1.11. The number of rotatable bonds is 7. The van der Waals surface area contributed by atoms with E-state index in [2.05, 4.69) is 46.6 Å². The minimum Gasteiger partial charge on any atom is -0.478 e. The SMILES string of the molecule is CCc1ccc(S(=O)(=O)Nc2cc(C(=O)O)ccc2N2CCN(c3cccc(C)c3)[C@@H](C)C2)cc1. The number of sulfonamides is 1. The van der Waals surface area contributed by atoms with Gasteiger partial charge >= 0.3 is 5.97 Å². The molecule has 1 fully saturated rings. The van der Waals surface area contributed by atoms with Crippen LogP contribution in [0.25, 0.3) is 0 Å². The molecule has 3 aromatic rings. The number of hydrogen-bond donors (Lipinski definition) is 2. The molecule has 0 amide bonds. The Bertz CT molecular complexity index is 1320. The molecule has 8 heteroatoms. The maximum Gasteiger partial charge on any atom is 0.335 e. The molecule has 1 heterocycles. The zero-order valence-electron chi connectivity index (χ0n) is 20.2. The molecule has 4 rings (SSSR count). The molecule has 1 aliphatic rings. The summed E-state index contributed by atoms with van der Waals surface area (Å²) in [6.45, 7) is 8.31. The zero-order valence-corrected chi connectivity index (χ0v) is 21.0. The number of carboxylic acids is 1. The van der Waals surface area contributed by atoms with E-state index in [1.807, 2.05) is 13.0 Å². The Kier molecular flexibility index (Phi) is 7.03. The third-order valence-electron chi connectivity index (χ3n) is 6.43. The van der Waals surface area contributed by atoms with E-state index in [1.54, 1.807) is 30.3 Å². The van der Waals surface area contributed by atoms with Gasteiger partial charge in [0.2, 0.25) is 0 Å². The standard InChI is InChI=1S/C27H31N3O4S/c1-4-21-8-11-24(12-9-21)35(33,34)28-25-17-22(27(31)32)10-13-26(25)29-14-15-30(20(3)18-29)23-7-5-6-19(2)16-23/h5-13,16-17,20,28H,4,14-15,18H2,1-3H3,(H,31,32)/t20-/m0/s1. The largest absolute Gasteiger partial charge is 0.478 e. The van der Waals surface area contributed by atoms with Gasteiger partial charge in [-0.25, -0.2) is 13.2 Å². The summed E-state index contributed by atoms with van der Waals surface area (Å²) in [6.07, 6.45) is 0.811. The molecule has 0 unspecified atom stereocenters. The van der Waals surface area contributed by atoms with Gasteiger partial charge in [-0.1, -0.05) is 31.2 Å². The topological polar surface area (TPSA) is 89.9 Å². The zero-order chi connectivity index (χ0) is 25.2. The molecule has 2 N–H and O–H groups in total. The fraction of sp³-hybridized carbons (Fsp3) is 0.296. The third-order valence-corrected chi connectivity index (χ3v) is 7.81. The number of hydrogen-bond acceptors (Lipinski definition) is 5. The van der Waals surface area contributed by atoms with E-state index in [0.717, 1.165) is 24.2 Å². The van der Waals surface area contributed by atoms with Crippen LogP contribution in [0.1, 0.15) is 35.3 Å². The first-order valence-corrected chi connectivity index (χ1v) is 13.2. The van der Waals surface area contributed by atoms with Crippen molar-refractivity contribution in [3.63, 3.8) is 0 Å². The molecule has 0 aromatic heterocycles. The molecule has 1 atom stereocenters. The van der Waals surface area contributed by atoms with Crippen molar-refractivity contribution < 1.29 is 18.3 Å².